The first kappa shape index (κ1) is 12.0. The second-order valence-corrected chi connectivity index (χ2v) is 3.41. The SMILES string of the molecule is O=C(COCCCCl)c1ccccc1O. The van der Waals surface area contributed by atoms with Gasteiger partial charge in [-0.2, -0.15) is 0 Å². The van der Waals surface area contributed by atoms with Crippen molar-refractivity contribution >= 4 is 17.4 Å². The molecule has 4 heteroatoms. The molecule has 0 fully saturated rings. The van der Waals surface area contributed by atoms with E-state index in [0.717, 1.165) is 6.42 Å². The number of phenolic OH excluding ortho intramolecular Hbond substituents is 1. The minimum absolute atomic E-state index is 0.0107. The summed E-state index contributed by atoms with van der Waals surface area (Å²) in [5, 5.41) is 9.39. The van der Waals surface area contributed by atoms with Crippen LogP contribution in [0.15, 0.2) is 24.3 Å². The summed E-state index contributed by atoms with van der Waals surface area (Å²) in [4.78, 5) is 11.5. The normalized spacial score (nSPS) is 10.2. The van der Waals surface area contributed by atoms with Crippen LogP contribution in [0, 0.1) is 0 Å². The second kappa shape index (κ2) is 6.43. The number of phenols is 1. The number of carbonyl (C=O) groups is 1. The van der Waals surface area contributed by atoms with Crippen LogP contribution in [-0.2, 0) is 4.74 Å². The first-order chi connectivity index (χ1) is 7.25. The van der Waals surface area contributed by atoms with E-state index in [1.54, 1.807) is 18.2 Å². The number of ether oxygens (including phenoxy) is 1. The first-order valence-electron chi connectivity index (χ1n) is 4.70. The smallest absolute Gasteiger partial charge is 0.192 e. The number of ketones is 1. The van der Waals surface area contributed by atoms with Gasteiger partial charge in [-0.15, -0.1) is 11.6 Å². The molecule has 0 aliphatic heterocycles. The van der Waals surface area contributed by atoms with E-state index in [2.05, 4.69) is 0 Å². The number of para-hydroxylation sites is 1. The third-order valence-corrected chi connectivity index (χ3v) is 2.13. The Labute approximate surface area is 93.6 Å². The molecule has 0 bridgehead atoms. The third kappa shape index (κ3) is 3.90. The largest absolute Gasteiger partial charge is 0.507 e. The molecule has 0 heterocycles. The predicted octanol–water partition coefficient (Wildman–Crippen LogP) is 2.22. The summed E-state index contributed by atoms with van der Waals surface area (Å²) >= 11 is 5.45. The van der Waals surface area contributed by atoms with Crippen molar-refractivity contribution in [3.8, 4) is 5.75 Å². The predicted molar refractivity (Wildman–Crippen MR) is 58.6 cm³/mol. The van der Waals surface area contributed by atoms with Crippen molar-refractivity contribution in [3.05, 3.63) is 29.8 Å². The molecule has 1 aromatic rings. The van der Waals surface area contributed by atoms with Gasteiger partial charge >= 0.3 is 0 Å². The van der Waals surface area contributed by atoms with Gasteiger partial charge in [-0.25, -0.2) is 0 Å². The zero-order chi connectivity index (χ0) is 11.1. The number of rotatable bonds is 6. The molecule has 1 aromatic carbocycles. The van der Waals surface area contributed by atoms with Crippen molar-refractivity contribution in [3.63, 3.8) is 0 Å². The Balaban J connectivity index is 2.44. The zero-order valence-corrected chi connectivity index (χ0v) is 9.04. The summed E-state index contributed by atoms with van der Waals surface area (Å²) in [6.07, 6.45) is 0.718. The van der Waals surface area contributed by atoms with Crippen LogP contribution in [0.1, 0.15) is 16.8 Å². The number of halogens is 1. The molecule has 1 rings (SSSR count). The number of aromatic hydroxyl groups is 1. The van der Waals surface area contributed by atoms with E-state index in [1.807, 2.05) is 0 Å². The lowest BCUT2D eigenvalue weighted by molar-refractivity contribution is 0.0759. The highest BCUT2D eigenvalue weighted by Crippen LogP contribution is 2.15. The van der Waals surface area contributed by atoms with Gasteiger partial charge in [0.15, 0.2) is 5.78 Å². The molecule has 15 heavy (non-hydrogen) atoms. The van der Waals surface area contributed by atoms with Crippen LogP contribution in [0.5, 0.6) is 5.75 Å². The number of Topliss-reactive ketones (excluding diaryl/α,β-unsaturated/α-hetero) is 1. The molecular weight excluding hydrogens is 216 g/mol. The van der Waals surface area contributed by atoms with Crippen molar-refractivity contribution in [1.29, 1.82) is 0 Å². The fourth-order valence-electron chi connectivity index (χ4n) is 1.11. The fourth-order valence-corrected chi connectivity index (χ4v) is 1.22. The van der Waals surface area contributed by atoms with E-state index in [4.69, 9.17) is 16.3 Å². The first-order valence-corrected chi connectivity index (χ1v) is 5.24. The number of carbonyl (C=O) groups excluding carboxylic acids is 1. The minimum Gasteiger partial charge on any atom is -0.507 e. The lowest BCUT2D eigenvalue weighted by Gasteiger charge is -2.04. The molecule has 0 amide bonds. The van der Waals surface area contributed by atoms with E-state index in [1.165, 1.54) is 6.07 Å². The molecule has 3 nitrogen and oxygen atoms in total. The number of hydrogen-bond donors (Lipinski definition) is 1. The topological polar surface area (TPSA) is 46.5 Å². The van der Waals surface area contributed by atoms with Gasteiger partial charge < -0.3 is 9.84 Å². The average Bonchev–Trinajstić information content (AvgIpc) is 2.25. The molecule has 1 N–H and O–H groups in total. The van der Waals surface area contributed by atoms with E-state index in [0.29, 0.717) is 18.1 Å². The van der Waals surface area contributed by atoms with Gasteiger partial charge in [0, 0.05) is 12.5 Å². The average molecular weight is 229 g/mol. The van der Waals surface area contributed by atoms with Crippen LogP contribution in [0.3, 0.4) is 0 Å². The van der Waals surface area contributed by atoms with Gasteiger partial charge in [-0.3, -0.25) is 4.79 Å². The summed E-state index contributed by atoms with van der Waals surface area (Å²) in [6.45, 7) is 0.442. The van der Waals surface area contributed by atoms with Gasteiger partial charge in [0.1, 0.15) is 12.4 Å². The van der Waals surface area contributed by atoms with E-state index in [-0.39, 0.29) is 18.1 Å². The summed E-state index contributed by atoms with van der Waals surface area (Å²) in [7, 11) is 0. The van der Waals surface area contributed by atoms with E-state index in [9.17, 15) is 9.90 Å². The van der Waals surface area contributed by atoms with Crippen LogP contribution in [0.25, 0.3) is 0 Å². The van der Waals surface area contributed by atoms with Crippen LogP contribution >= 0.6 is 11.6 Å². The lowest BCUT2D eigenvalue weighted by atomic mass is 10.1. The number of alkyl halides is 1. The monoisotopic (exact) mass is 228 g/mol. The fraction of sp³-hybridized carbons (Fsp3) is 0.364. The summed E-state index contributed by atoms with van der Waals surface area (Å²) in [5.74, 6) is 0.288. The molecule has 0 saturated heterocycles. The quantitative estimate of drug-likeness (QED) is 0.461. The lowest BCUT2D eigenvalue weighted by Crippen LogP contribution is -2.10. The molecule has 0 atom stereocenters. The van der Waals surface area contributed by atoms with Crippen LogP contribution < -0.4 is 0 Å². The highest BCUT2D eigenvalue weighted by Gasteiger charge is 2.09. The molecule has 0 aliphatic carbocycles. The van der Waals surface area contributed by atoms with Crippen LogP contribution in [0.4, 0.5) is 0 Å². The Morgan fingerprint density at radius 3 is 2.80 bits per heavy atom. The maximum Gasteiger partial charge on any atom is 0.192 e. The van der Waals surface area contributed by atoms with Crippen molar-refractivity contribution in [1.82, 2.24) is 0 Å². The zero-order valence-electron chi connectivity index (χ0n) is 8.28. The van der Waals surface area contributed by atoms with Crippen LogP contribution in [0.2, 0.25) is 0 Å². The Morgan fingerprint density at radius 2 is 2.13 bits per heavy atom. The van der Waals surface area contributed by atoms with Crippen molar-refractivity contribution in [2.45, 2.75) is 6.42 Å². The van der Waals surface area contributed by atoms with Crippen molar-refractivity contribution < 1.29 is 14.6 Å². The Kier molecular flexibility index (Phi) is 5.15. The number of hydrogen-bond acceptors (Lipinski definition) is 3. The van der Waals surface area contributed by atoms with Crippen molar-refractivity contribution in [2.75, 3.05) is 19.1 Å². The highest BCUT2D eigenvalue weighted by atomic mass is 35.5. The standard InChI is InChI=1S/C11H13ClO3/c12-6-3-7-15-8-11(14)9-4-1-2-5-10(9)13/h1-2,4-5,13H,3,6-8H2. The Hall–Kier alpha value is -1.06. The molecule has 0 aliphatic rings. The molecule has 0 unspecified atom stereocenters. The molecule has 82 valence electrons. The summed E-state index contributed by atoms with van der Waals surface area (Å²) < 4.78 is 5.10. The molecule has 0 saturated carbocycles. The minimum atomic E-state index is -0.220. The van der Waals surface area contributed by atoms with E-state index >= 15 is 0 Å². The van der Waals surface area contributed by atoms with Gasteiger partial charge in [0.05, 0.1) is 5.56 Å². The molecule has 0 spiro atoms. The van der Waals surface area contributed by atoms with E-state index < -0.39 is 0 Å². The highest BCUT2D eigenvalue weighted by molar-refractivity contribution is 6.17. The second-order valence-electron chi connectivity index (χ2n) is 3.04. The van der Waals surface area contributed by atoms with Gasteiger partial charge in [-0.1, -0.05) is 12.1 Å². The van der Waals surface area contributed by atoms with Gasteiger partial charge in [-0.05, 0) is 18.6 Å². The van der Waals surface area contributed by atoms with Gasteiger partial charge in [0.2, 0.25) is 0 Å². The summed E-state index contributed by atoms with van der Waals surface area (Å²) in [6, 6.07) is 6.42. The number of benzene rings is 1. The maximum atomic E-state index is 11.5. The van der Waals surface area contributed by atoms with Gasteiger partial charge in [0.25, 0.3) is 0 Å². The molecule has 0 aromatic heterocycles. The molecule has 0 radical (unpaired) electrons. The van der Waals surface area contributed by atoms with Crippen molar-refractivity contribution in [2.24, 2.45) is 0 Å². The third-order valence-electron chi connectivity index (χ3n) is 1.86. The maximum absolute atomic E-state index is 11.5. The molecular formula is C11H13ClO3. The summed E-state index contributed by atoms with van der Waals surface area (Å²) in [5.41, 5.74) is 0.295. The Bertz CT molecular complexity index is 325. The van der Waals surface area contributed by atoms with Crippen LogP contribution in [-0.4, -0.2) is 30.0 Å². The Morgan fingerprint density at radius 1 is 1.40 bits per heavy atom.